The molecule has 236 valence electrons. The van der Waals surface area contributed by atoms with Crippen LogP contribution in [0.2, 0.25) is 0 Å². The number of anilines is 1. The maximum Gasteiger partial charge on any atom is 0.253 e. The number of hydrogen-bond acceptors (Lipinski definition) is 4. The van der Waals surface area contributed by atoms with E-state index < -0.39 is 11.2 Å². The fourth-order valence-corrected chi connectivity index (χ4v) is 7.57. The van der Waals surface area contributed by atoms with Crippen molar-refractivity contribution in [1.29, 1.82) is 0 Å². The van der Waals surface area contributed by atoms with Gasteiger partial charge in [0.05, 0.1) is 11.4 Å². The lowest BCUT2D eigenvalue weighted by Gasteiger charge is -2.17. The molecule has 1 aliphatic heterocycles. The van der Waals surface area contributed by atoms with Crippen LogP contribution >= 0.6 is 11.8 Å². The number of carbonyl (C=O) groups is 1. The molecule has 0 saturated carbocycles. The summed E-state index contributed by atoms with van der Waals surface area (Å²) < 4.78 is 33.4. The van der Waals surface area contributed by atoms with Gasteiger partial charge in [0.2, 0.25) is 11.2 Å². The second-order valence-corrected chi connectivity index (χ2v) is 15.1. The predicted octanol–water partition coefficient (Wildman–Crippen LogP) is 8.29. The van der Waals surface area contributed by atoms with Crippen LogP contribution in [-0.4, -0.2) is 32.0 Å². The summed E-state index contributed by atoms with van der Waals surface area (Å²) in [7, 11) is 0. The molecule has 1 N–H and O–H groups in total. The SMILES string of the molecule is Cc1ccc(-c2cn(-c3cccc(N4CC(=O)NS4=O)c3)c(Cc3ccc(-c4cccc(SCCC(C)(C)C)c4)cc3)n2)c(F)c1. The maximum atomic E-state index is 15.1. The van der Waals surface area contributed by atoms with Crippen LogP contribution in [0.25, 0.3) is 28.1 Å². The third-order valence-electron chi connectivity index (χ3n) is 7.87. The highest BCUT2D eigenvalue weighted by atomic mass is 32.2. The molecule has 0 bridgehead atoms. The molecular weight excluding hydrogens is 616 g/mol. The van der Waals surface area contributed by atoms with Crippen molar-refractivity contribution in [3.05, 3.63) is 120 Å². The first kappa shape index (κ1) is 31.8. The van der Waals surface area contributed by atoms with E-state index in [-0.39, 0.29) is 18.3 Å². The number of nitrogens with zero attached hydrogens (tertiary/aromatic N) is 3. The lowest BCUT2D eigenvalue weighted by molar-refractivity contribution is -0.117. The molecule has 0 radical (unpaired) electrons. The van der Waals surface area contributed by atoms with Crippen molar-refractivity contribution in [2.24, 2.45) is 5.41 Å². The smallest absolute Gasteiger partial charge is 0.253 e. The number of hydrogen-bond donors (Lipinski definition) is 1. The zero-order valence-electron chi connectivity index (χ0n) is 26.4. The molecule has 4 aromatic carbocycles. The van der Waals surface area contributed by atoms with Gasteiger partial charge in [0, 0.05) is 28.8 Å². The van der Waals surface area contributed by atoms with Gasteiger partial charge in [-0.2, -0.15) is 0 Å². The number of imidazole rings is 1. The molecular formula is C37H37FN4O2S2. The highest BCUT2D eigenvalue weighted by molar-refractivity contribution is 7.99. The molecule has 9 heteroatoms. The number of aromatic nitrogens is 2. The normalized spacial score (nSPS) is 14.9. The molecule has 1 aromatic heterocycles. The molecule has 2 heterocycles. The summed E-state index contributed by atoms with van der Waals surface area (Å²) in [5.41, 5.74) is 6.90. The first-order chi connectivity index (χ1) is 22.0. The van der Waals surface area contributed by atoms with Gasteiger partial charge in [-0.3, -0.25) is 13.8 Å². The van der Waals surface area contributed by atoms with Crippen molar-refractivity contribution in [3.8, 4) is 28.1 Å². The number of halogens is 1. The van der Waals surface area contributed by atoms with Crippen molar-refractivity contribution in [3.63, 3.8) is 0 Å². The third kappa shape index (κ3) is 7.43. The molecule has 1 saturated heterocycles. The Hall–Kier alpha value is -4.21. The maximum absolute atomic E-state index is 15.1. The molecule has 0 aliphatic carbocycles. The Kier molecular flexibility index (Phi) is 9.15. The number of carbonyl (C=O) groups excluding carboxylic acids is 1. The molecule has 1 fully saturated rings. The van der Waals surface area contributed by atoms with Crippen molar-refractivity contribution < 1.29 is 13.4 Å². The molecule has 0 spiro atoms. The van der Waals surface area contributed by atoms with Crippen LogP contribution in [0.3, 0.4) is 0 Å². The van der Waals surface area contributed by atoms with Crippen LogP contribution in [0.4, 0.5) is 10.1 Å². The van der Waals surface area contributed by atoms with Gasteiger partial charge in [-0.15, -0.1) is 11.8 Å². The Balaban J connectivity index is 1.29. The number of benzene rings is 4. The average molecular weight is 653 g/mol. The summed E-state index contributed by atoms with van der Waals surface area (Å²) in [6.07, 6.45) is 3.50. The summed E-state index contributed by atoms with van der Waals surface area (Å²) in [6, 6.07) is 29.8. The van der Waals surface area contributed by atoms with Gasteiger partial charge < -0.3 is 4.57 Å². The van der Waals surface area contributed by atoms with Gasteiger partial charge in [0.1, 0.15) is 18.2 Å². The van der Waals surface area contributed by atoms with Gasteiger partial charge in [0.15, 0.2) is 0 Å². The summed E-state index contributed by atoms with van der Waals surface area (Å²) in [5.74, 6) is 1.19. The van der Waals surface area contributed by atoms with Crippen LogP contribution in [0.15, 0.2) is 102 Å². The minimum Gasteiger partial charge on any atom is -0.303 e. The van der Waals surface area contributed by atoms with Crippen molar-refractivity contribution >= 4 is 34.5 Å². The average Bonchev–Trinajstić information content (AvgIpc) is 3.59. The van der Waals surface area contributed by atoms with Gasteiger partial charge in [-0.1, -0.05) is 69.3 Å². The van der Waals surface area contributed by atoms with Gasteiger partial charge >= 0.3 is 0 Å². The number of thioether (sulfide) groups is 1. The van der Waals surface area contributed by atoms with E-state index in [1.807, 2.05) is 59.8 Å². The molecule has 1 atom stereocenters. The van der Waals surface area contributed by atoms with Crippen LogP contribution < -0.4 is 9.03 Å². The van der Waals surface area contributed by atoms with Crippen molar-refractivity contribution in [2.75, 3.05) is 16.6 Å². The minimum absolute atomic E-state index is 0.0114. The molecule has 1 aliphatic rings. The molecule has 1 unspecified atom stereocenters. The van der Waals surface area contributed by atoms with Gasteiger partial charge in [-0.05, 0) is 89.2 Å². The Bertz CT molecular complexity index is 1910. The van der Waals surface area contributed by atoms with E-state index in [2.05, 4.69) is 74.0 Å². The van der Waals surface area contributed by atoms with E-state index in [1.54, 1.807) is 6.07 Å². The first-order valence-electron chi connectivity index (χ1n) is 15.3. The highest BCUT2D eigenvalue weighted by Crippen LogP contribution is 2.31. The zero-order chi connectivity index (χ0) is 32.4. The Morgan fingerprint density at radius 1 is 0.935 bits per heavy atom. The summed E-state index contributed by atoms with van der Waals surface area (Å²) in [4.78, 5) is 18.1. The van der Waals surface area contributed by atoms with Crippen LogP contribution in [0.5, 0.6) is 0 Å². The molecule has 6 rings (SSSR count). The van der Waals surface area contributed by atoms with Gasteiger partial charge in [-0.25, -0.2) is 13.6 Å². The summed E-state index contributed by atoms with van der Waals surface area (Å²) in [6.45, 7) is 8.69. The number of aryl methyl sites for hydroxylation is 1. The summed E-state index contributed by atoms with van der Waals surface area (Å²) >= 11 is 0.254. The van der Waals surface area contributed by atoms with E-state index in [4.69, 9.17) is 4.98 Å². The van der Waals surface area contributed by atoms with E-state index >= 15 is 4.39 Å². The van der Waals surface area contributed by atoms with E-state index in [1.165, 1.54) is 20.8 Å². The van der Waals surface area contributed by atoms with Crippen molar-refractivity contribution in [1.82, 2.24) is 14.3 Å². The second kappa shape index (κ2) is 13.3. The lowest BCUT2D eigenvalue weighted by Crippen LogP contribution is -2.22. The standard InChI is InChI=1S/C37H37FN4O2S2/c1-25-11-16-32(33(38)19-25)34-23-41(29-8-6-9-30(22-29)42-24-36(43)40-46(42)44)35(39-34)20-26-12-14-27(15-13-26)28-7-5-10-31(21-28)45-18-17-37(2,3)4/h5-16,19,21-23H,17-18,20,24H2,1-4H3,(H,40,43). The van der Waals surface area contributed by atoms with Gasteiger partial charge in [0.25, 0.3) is 5.91 Å². The monoisotopic (exact) mass is 652 g/mol. The van der Waals surface area contributed by atoms with Crippen LogP contribution in [-0.2, 0) is 22.4 Å². The molecule has 6 nitrogen and oxygen atoms in total. The first-order valence-corrected chi connectivity index (χ1v) is 17.4. The topological polar surface area (TPSA) is 67.2 Å². The van der Waals surface area contributed by atoms with E-state index in [0.717, 1.165) is 40.4 Å². The highest BCUT2D eigenvalue weighted by Gasteiger charge is 2.27. The number of amides is 1. The van der Waals surface area contributed by atoms with E-state index in [0.29, 0.717) is 28.8 Å². The van der Waals surface area contributed by atoms with E-state index in [9.17, 15) is 9.00 Å². The lowest BCUT2D eigenvalue weighted by atomic mass is 9.94. The number of rotatable bonds is 9. The fraction of sp³-hybridized carbons (Fsp3) is 0.243. The van der Waals surface area contributed by atoms with Crippen LogP contribution in [0, 0.1) is 18.2 Å². The Morgan fingerprint density at radius 3 is 2.41 bits per heavy atom. The predicted molar refractivity (Wildman–Crippen MR) is 187 cm³/mol. The zero-order valence-corrected chi connectivity index (χ0v) is 28.1. The second-order valence-electron chi connectivity index (χ2n) is 12.8. The Labute approximate surface area is 276 Å². The van der Waals surface area contributed by atoms with Crippen LogP contribution in [0.1, 0.15) is 44.1 Å². The minimum atomic E-state index is -1.64. The molecule has 46 heavy (non-hydrogen) atoms. The number of nitrogens with one attached hydrogen (secondary N) is 1. The molecule has 5 aromatic rings. The van der Waals surface area contributed by atoms with Crippen molar-refractivity contribution in [2.45, 2.75) is 45.4 Å². The summed E-state index contributed by atoms with van der Waals surface area (Å²) in [5, 5.41) is 0. The third-order valence-corrected chi connectivity index (χ3v) is 10.0. The Morgan fingerprint density at radius 2 is 1.70 bits per heavy atom. The fourth-order valence-electron chi connectivity index (χ4n) is 5.32. The quantitative estimate of drug-likeness (QED) is 0.163. The molecule has 1 amide bonds. The largest absolute Gasteiger partial charge is 0.303 e.